The van der Waals surface area contributed by atoms with Gasteiger partial charge in [-0.2, -0.15) is 0 Å². The SMILES string of the molecule is CCC1=Cc2c(cc(C(C)C)cc2-c2cccc3ccccc23)C1. The Morgan fingerprint density at radius 1 is 0.917 bits per heavy atom. The first-order valence-electron chi connectivity index (χ1n) is 9.01. The lowest BCUT2D eigenvalue weighted by Gasteiger charge is -2.15. The molecule has 0 aromatic heterocycles. The second-order valence-electron chi connectivity index (χ2n) is 7.16. The molecule has 1 aliphatic carbocycles. The second kappa shape index (κ2) is 5.94. The van der Waals surface area contributed by atoms with Crippen molar-refractivity contribution in [3.8, 4) is 11.1 Å². The summed E-state index contributed by atoms with van der Waals surface area (Å²) >= 11 is 0. The quantitative estimate of drug-likeness (QED) is 0.489. The summed E-state index contributed by atoms with van der Waals surface area (Å²) in [4.78, 5) is 0. The van der Waals surface area contributed by atoms with Crippen LogP contribution in [-0.4, -0.2) is 0 Å². The Bertz CT molecular complexity index is 936. The zero-order valence-electron chi connectivity index (χ0n) is 14.8. The minimum atomic E-state index is 0.551. The van der Waals surface area contributed by atoms with E-state index in [0.717, 1.165) is 12.8 Å². The van der Waals surface area contributed by atoms with Crippen LogP contribution in [0.1, 0.15) is 49.8 Å². The van der Waals surface area contributed by atoms with Crippen LogP contribution in [0.2, 0.25) is 0 Å². The van der Waals surface area contributed by atoms with Crippen LogP contribution in [0, 0.1) is 0 Å². The van der Waals surface area contributed by atoms with Crippen molar-refractivity contribution in [1.29, 1.82) is 0 Å². The van der Waals surface area contributed by atoms with Crippen LogP contribution in [0.4, 0.5) is 0 Å². The molecule has 3 aromatic carbocycles. The highest BCUT2D eigenvalue weighted by molar-refractivity contribution is 5.99. The van der Waals surface area contributed by atoms with E-state index in [1.807, 2.05) is 0 Å². The van der Waals surface area contributed by atoms with E-state index in [1.54, 1.807) is 5.57 Å². The molecule has 0 saturated carbocycles. The molecule has 0 heteroatoms. The summed E-state index contributed by atoms with van der Waals surface area (Å²) in [6, 6.07) is 20.2. The summed E-state index contributed by atoms with van der Waals surface area (Å²) < 4.78 is 0. The third kappa shape index (κ3) is 2.47. The Balaban J connectivity index is 2.02. The van der Waals surface area contributed by atoms with E-state index in [-0.39, 0.29) is 0 Å². The molecule has 0 N–H and O–H groups in total. The number of allylic oxidation sites excluding steroid dienone is 1. The average Bonchev–Trinajstić information content (AvgIpc) is 3.03. The number of fused-ring (bicyclic) bond motifs is 2. The molecule has 0 saturated heterocycles. The Morgan fingerprint density at radius 2 is 1.71 bits per heavy atom. The predicted octanol–water partition coefficient (Wildman–Crippen LogP) is 6.98. The van der Waals surface area contributed by atoms with Gasteiger partial charge in [0.2, 0.25) is 0 Å². The molecule has 120 valence electrons. The topological polar surface area (TPSA) is 0 Å². The van der Waals surface area contributed by atoms with E-state index in [4.69, 9.17) is 0 Å². The molecule has 4 rings (SSSR count). The summed E-state index contributed by atoms with van der Waals surface area (Å²) in [6.45, 7) is 6.84. The Morgan fingerprint density at radius 3 is 2.50 bits per heavy atom. The van der Waals surface area contributed by atoms with Crippen molar-refractivity contribution in [3.63, 3.8) is 0 Å². The fourth-order valence-electron chi connectivity index (χ4n) is 3.80. The zero-order chi connectivity index (χ0) is 16.7. The number of rotatable bonds is 3. The van der Waals surface area contributed by atoms with Crippen LogP contribution in [0.3, 0.4) is 0 Å². The van der Waals surface area contributed by atoms with Gasteiger partial charge in [0, 0.05) is 0 Å². The fraction of sp³-hybridized carbons (Fsp3) is 0.250. The zero-order valence-corrected chi connectivity index (χ0v) is 14.8. The van der Waals surface area contributed by atoms with Crippen molar-refractivity contribution in [1.82, 2.24) is 0 Å². The molecule has 24 heavy (non-hydrogen) atoms. The average molecular weight is 312 g/mol. The molecule has 0 radical (unpaired) electrons. The van der Waals surface area contributed by atoms with Gasteiger partial charge in [-0.05, 0) is 57.3 Å². The maximum absolute atomic E-state index is 2.43. The van der Waals surface area contributed by atoms with Crippen molar-refractivity contribution in [2.45, 2.75) is 39.5 Å². The van der Waals surface area contributed by atoms with Crippen LogP contribution < -0.4 is 0 Å². The van der Waals surface area contributed by atoms with Gasteiger partial charge in [-0.25, -0.2) is 0 Å². The van der Waals surface area contributed by atoms with Gasteiger partial charge in [-0.3, -0.25) is 0 Å². The largest absolute Gasteiger partial charge is 0.0655 e. The fourth-order valence-corrected chi connectivity index (χ4v) is 3.80. The highest BCUT2D eigenvalue weighted by Gasteiger charge is 2.19. The smallest absolute Gasteiger partial charge is 0.00576 e. The summed E-state index contributed by atoms with van der Waals surface area (Å²) in [5, 5.41) is 2.66. The first kappa shape index (κ1) is 15.2. The first-order valence-corrected chi connectivity index (χ1v) is 9.01. The van der Waals surface area contributed by atoms with Gasteiger partial charge in [0.15, 0.2) is 0 Å². The number of hydrogen-bond acceptors (Lipinski definition) is 0. The summed E-state index contributed by atoms with van der Waals surface area (Å²) in [7, 11) is 0. The van der Waals surface area contributed by atoms with Gasteiger partial charge in [0.1, 0.15) is 0 Å². The molecule has 0 fully saturated rings. The summed E-state index contributed by atoms with van der Waals surface area (Å²) in [6.07, 6.45) is 4.68. The van der Waals surface area contributed by atoms with Crippen LogP contribution in [0.15, 0.2) is 60.2 Å². The monoisotopic (exact) mass is 312 g/mol. The Labute approximate surface area is 144 Å². The molecule has 0 amide bonds. The van der Waals surface area contributed by atoms with Crippen LogP contribution in [0.5, 0.6) is 0 Å². The molecule has 0 unspecified atom stereocenters. The van der Waals surface area contributed by atoms with Crippen LogP contribution in [-0.2, 0) is 6.42 Å². The van der Waals surface area contributed by atoms with Gasteiger partial charge >= 0.3 is 0 Å². The molecule has 0 atom stereocenters. The van der Waals surface area contributed by atoms with E-state index >= 15 is 0 Å². The first-order chi connectivity index (χ1) is 11.7. The second-order valence-corrected chi connectivity index (χ2v) is 7.16. The summed E-state index contributed by atoms with van der Waals surface area (Å²) in [5.74, 6) is 0.551. The maximum Gasteiger partial charge on any atom is -0.00576 e. The maximum atomic E-state index is 2.43. The molecule has 0 nitrogen and oxygen atoms in total. The van der Waals surface area contributed by atoms with E-state index in [2.05, 4.69) is 81.4 Å². The van der Waals surface area contributed by atoms with Crippen molar-refractivity contribution < 1.29 is 0 Å². The minimum absolute atomic E-state index is 0.551. The van der Waals surface area contributed by atoms with Crippen molar-refractivity contribution >= 4 is 16.8 Å². The van der Waals surface area contributed by atoms with Gasteiger partial charge in [-0.1, -0.05) is 87.0 Å². The van der Waals surface area contributed by atoms with Crippen molar-refractivity contribution in [2.24, 2.45) is 0 Å². The molecule has 0 spiro atoms. The lowest BCUT2D eigenvalue weighted by molar-refractivity contribution is 0.863. The van der Waals surface area contributed by atoms with Gasteiger partial charge in [-0.15, -0.1) is 0 Å². The molecule has 0 heterocycles. The molecular formula is C24H24. The highest BCUT2D eigenvalue weighted by atomic mass is 14.2. The third-order valence-electron chi connectivity index (χ3n) is 5.25. The predicted molar refractivity (Wildman–Crippen MR) is 105 cm³/mol. The van der Waals surface area contributed by atoms with Crippen molar-refractivity contribution in [3.05, 3.63) is 76.9 Å². The molecule has 0 bridgehead atoms. The van der Waals surface area contributed by atoms with Gasteiger partial charge < -0.3 is 0 Å². The van der Waals surface area contributed by atoms with Crippen LogP contribution >= 0.6 is 0 Å². The normalized spacial score (nSPS) is 13.4. The number of hydrogen-bond donors (Lipinski definition) is 0. The lowest BCUT2D eigenvalue weighted by Crippen LogP contribution is -1.95. The van der Waals surface area contributed by atoms with Crippen LogP contribution in [0.25, 0.3) is 28.0 Å². The van der Waals surface area contributed by atoms with Crippen molar-refractivity contribution in [2.75, 3.05) is 0 Å². The standard InChI is InChI=1S/C24H24/c1-4-17-12-20-14-19(16(2)3)15-24(23(20)13-17)22-11-7-9-18-8-5-6-10-21(18)22/h5-11,13-16H,4,12H2,1-3H3. The molecule has 0 aliphatic heterocycles. The third-order valence-corrected chi connectivity index (χ3v) is 5.25. The van der Waals surface area contributed by atoms with E-state index < -0.39 is 0 Å². The van der Waals surface area contributed by atoms with E-state index in [9.17, 15) is 0 Å². The van der Waals surface area contributed by atoms with Gasteiger partial charge in [0.05, 0.1) is 0 Å². The minimum Gasteiger partial charge on any atom is -0.0655 e. The van der Waals surface area contributed by atoms with E-state index in [0.29, 0.717) is 5.92 Å². The van der Waals surface area contributed by atoms with E-state index in [1.165, 1.54) is 38.6 Å². The Kier molecular flexibility index (Phi) is 3.76. The highest BCUT2D eigenvalue weighted by Crippen LogP contribution is 2.40. The lowest BCUT2D eigenvalue weighted by atomic mass is 9.89. The molecule has 3 aromatic rings. The number of benzene rings is 3. The van der Waals surface area contributed by atoms with Gasteiger partial charge in [0.25, 0.3) is 0 Å². The summed E-state index contributed by atoms with van der Waals surface area (Å²) in [5.41, 5.74) is 8.69. The Hall–Kier alpha value is -2.34. The molecular weight excluding hydrogens is 288 g/mol. The molecule has 1 aliphatic rings.